The molecule has 2 aliphatic rings. The summed E-state index contributed by atoms with van der Waals surface area (Å²) in [5.74, 6) is 1.56. The maximum Gasteiger partial charge on any atom is 0.303 e. The molecule has 2 aromatic carbocycles. The zero-order valence-electron chi connectivity index (χ0n) is 20.1. The number of nitrogens with zero attached hydrogens (tertiary/aromatic N) is 2. The van der Waals surface area contributed by atoms with Crippen molar-refractivity contribution in [1.82, 2.24) is 5.01 Å². The van der Waals surface area contributed by atoms with Gasteiger partial charge in [-0.1, -0.05) is 18.2 Å². The van der Waals surface area contributed by atoms with E-state index in [1.54, 1.807) is 7.11 Å². The first kappa shape index (κ1) is 25.3. The van der Waals surface area contributed by atoms with Crippen molar-refractivity contribution < 1.29 is 19.4 Å². The summed E-state index contributed by atoms with van der Waals surface area (Å²) < 4.78 is 5.28. The van der Waals surface area contributed by atoms with Crippen LogP contribution in [-0.2, 0) is 16.0 Å². The van der Waals surface area contributed by atoms with Crippen molar-refractivity contribution in [3.05, 3.63) is 64.7 Å². The lowest BCUT2D eigenvalue weighted by molar-refractivity contribution is -0.138. The highest BCUT2D eigenvalue weighted by Gasteiger charge is 2.31. The fraction of sp³-hybridized carbons (Fsp3) is 0.444. The van der Waals surface area contributed by atoms with E-state index in [0.29, 0.717) is 12.2 Å². The van der Waals surface area contributed by atoms with Crippen molar-refractivity contribution >= 4 is 35.5 Å². The van der Waals surface area contributed by atoms with Crippen LogP contribution in [0.4, 0.5) is 5.69 Å². The summed E-state index contributed by atoms with van der Waals surface area (Å²) in [5.41, 5.74) is 4.66. The molecule has 1 heterocycles. The van der Waals surface area contributed by atoms with Crippen LogP contribution in [0, 0.1) is 5.92 Å². The third-order valence-corrected chi connectivity index (χ3v) is 7.70. The zero-order valence-corrected chi connectivity index (χ0v) is 20.9. The number of nitrogens with one attached hydrogen (secondary N) is 1. The van der Waals surface area contributed by atoms with E-state index in [9.17, 15) is 14.7 Å². The molecule has 2 N–H and O–H groups in total. The predicted molar refractivity (Wildman–Crippen MR) is 141 cm³/mol. The van der Waals surface area contributed by atoms with Crippen LogP contribution < -0.4 is 5.32 Å². The number of carboxylic acids is 1. The highest BCUT2D eigenvalue weighted by Crippen LogP contribution is 2.41. The van der Waals surface area contributed by atoms with E-state index >= 15 is 0 Å². The van der Waals surface area contributed by atoms with Gasteiger partial charge >= 0.3 is 5.97 Å². The lowest BCUT2D eigenvalue weighted by Crippen LogP contribution is -2.27. The Morgan fingerprint density at radius 3 is 2.69 bits per heavy atom. The van der Waals surface area contributed by atoms with Gasteiger partial charge in [0.2, 0.25) is 0 Å². The fourth-order valence-electron chi connectivity index (χ4n) is 4.90. The molecule has 7 nitrogen and oxygen atoms in total. The largest absolute Gasteiger partial charge is 0.481 e. The molecule has 35 heavy (non-hydrogen) atoms. The third kappa shape index (κ3) is 6.86. The molecule has 1 aliphatic heterocycles. The molecule has 1 aliphatic carbocycles. The number of aliphatic carboxylic acids is 1. The van der Waals surface area contributed by atoms with Crippen LogP contribution in [0.2, 0.25) is 0 Å². The number of carbonyl (C=O) groups is 2. The van der Waals surface area contributed by atoms with Gasteiger partial charge in [0.05, 0.1) is 6.21 Å². The van der Waals surface area contributed by atoms with E-state index < -0.39 is 5.97 Å². The van der Waals surface area contributed by atoms with Crippen LogP contribution >= 0.6 is 11.8 Å². The van der Waals surface area contributed by atoms with Gasteiger partial charge < -0.3 is 15.2 Å². The van der Waals surface area contributed by atoms with Crippen molar-refractivity contribution in [1.29, 1.82) is 0 Å². The smallest absolute Gasteiger partial charge is 0.303 e. The Morgan fingerprint density at radius 1 is 1.20 bits per heavy atom. The number of hydrogen-bond donors (Lipinski definition) is 2. The van der Waals surface area contributed by atoms with E-state index in [-0.39, 0.29) is 24.2 Å². The molecule has 0 bridgehead atoms. The van der Waals surface area contributed by atoms with Gasteiger partial charge in [0.15, 0.2) is 0 Å². The van der Waals surface area contributed by atoms with E-state index in [2.05, 4.69) is 15.4 Å². The lowest BCUT2D eigenvalue weighted by atomic mass is 9.72. The second-order valence-corrected chi connectivity index (χ2v) is 10.3. The van der Waals surface area contributed by atoms with Gasteiger partial charge in [-0.15, -0.1) is 0 Å². The van der Waals surface area contributed by atoms with Crippen LogP contribution in [0.5, 0.6) is 0 Å². The number of ether oxygens (including phenoxy) is 1. The van der Waals surface area contributed by atoms with Crippen LogP contribution in [-0.4, -0.2) is 66.5 Å². The van der Waals surface area contributed by atoms with E-state index in [0.717, 1.165) is 55.1 Å². The van der Waals surface area contributed by atoms with Gasteiger partial charge in [0.25, 0.3) is 5.91 Å². The highest BCUT2D eigenvalue weighted by molar-refractivity contribution is 7.99. The number of fused-ring (bicyclic) bond motifs is 1. The van der Waals surface area contributed by atoms with Crippen LogP contribution in [0.3, 0.4) is 0 Å². The summed E-state index contributed by atoms with van der Waals surface area (Å²) in [6.07, 6.45) is 4.44. The molecule has 2 atom stereocenters. The minimum absolute atomic E-state index is 0.103. The van der Waals surface area contributed by atoms with Gasteiger partial charge in [0.1, 0.15) is 0 Å². The first-order valence-electron chi connectivity index (χ1n) is 12.1. The summed E-state index contributed by atoms with van der Waals surface area (Å²) in [6.45, 7) is 2.53. The minimum atomic E-state index is -0.757. The topological polar surface area (TPSA) is 91.2 Å². The number of hydrazone groups is 1. The Hall–Kier alpha value is -2.84. The van der Waals surface area contributed by atoms with Crippen molar-refractivity contribution in [3.63, 3.8) is 0 Å². The first-order valence-corrected chi connectivity index (χ1v) is 13.3. The second-order valence-electron chi connectivity index (χ2n) is 9.08. The van der Waals surface area contributed by atoms with E-state index in [1.165, 1.54) is 11.1 Å². The molecule has 1 fully saturated rings. The molecule has 0 saturated carbocycles. The van der Waals surface area contributed by atoms with Crippen LogP contribution in [0.1, 0.15) is 52.2 Å². The number of anilines is 1. The van der Waals surface area contributed by atoms with Crippen LogP contribution in [0.15, 0.2) is 47.6 Å². The molecule has 8 heteroatoms. The third-order valence-electron chi connectivity index (χ3n) is 6.75. The SMILES string of the molecule is COCCC1c2ccc(NC(=O)c3ccc(C=NN4CCSCC4)cc3)cc2CCC1CC(=O)O. The summed E-state index contributed by atoms with van der Waals surface area (Å²) in [5, 5.41) is 19.0. The number of thioether (sulfide) groups is 1. The number of rotatable bonds is 9. The normalized spacial score (nSPS) is 20.0. The number of amides is 1. The monoisotopic (exact) mass is 495 g/mol. The van der Waals surface area contributed by atoms with Crippen molar-refractivity contribution in [2.24, 2.45) is 11.0 Å². The fourth-order valence-corrected chi connectivity index (χ4v) is 5.79. The van der Waals surface area contributed by atoms with Crippen LogP contribution in [0.25, 0.3) is 0 Å². The lowest BCUT2D eigenvalue weighted by Gasteiger charge is -2.33. The standard InChI is InChI=1S/C27H33N3O4S/c1-34-13-10-25-22(17-26(31)32)7-6-21-16-23(8-9-24(21)25)29-27(33)20-4-2-19(3-5-20)18-28-30-11-14-35-15-12-30/h2-5,8-9,16,18,22,25H,6-7,10-15,17H2,1H3,(H,29,33)(H,31,32). The van der Waals surface area contributed by atoms with Gasteiger partial charge in [-0.25, -0.2) is 0 Å². The number of hydrogen-bond acceptors (Lipinski definition) is 6. The second kappa shape index (κ2) is 12.2. The number of aryl methyl sites for hydroxylation is 1. The number of carbonyl (C=O) groups excluding carboxylic acids is 1. The van der Waals surface area contributed by atoms with Gasteiger partial charge in [-0.05, 0) is 72.1 Å². The molecule has 186 valence electrons. The Bertz CT molecular complexity index is 1050. The summed E-state index contributed by atoms with van der Waals surface area (Å²) in [7, 11) is 1.67. The van der Waals surface area contributed by atoms with Crippen molar-refractivity contribution in [2.75, 3.05) is 43.6 Å². The summed E-state index contributed by atoms with van der Waals surface area (Å²) in [6, 6.07) is 13.4. The number of methoxy groups -OCH3 is 1. The molecule has 2 unspecified atom stereocenters. The zero-order chi connectivity index (χ0) is 24.6. The van der Waals surface area contributed by atoms with Gasteiger partial charge in [-0.2, -0.15) is 16.9 Å². The Labute approximate surface area is 210 Å². The average molecular weight is 496 g/mol. The summed E-state index contributed by atoms with van der Waals surface area (Å²) >= 11 is 1.95. The molecule has 1 saturated heterocycles. The van der Waals surface area contributed by atoms with Crippen molar-refractivity contribution in [2.45, 2.75) is 31.6 Å². The highest BCUT2D eigenvalue weighted by atomic mass is 32.2. The number of carboxylic acid groups (broad SMARTS) is 1. The minimum Gasteiger partial charge on any atom is -0.481 e. The Kier molecular flexibility index (Phi) is 8.82. The molecule has 0 radical (unpaired) electrons. The van der Waals surface area contributed by atoms with Gasteiger partial charge in [0, 0.05) is 56.0 Å². The average Bonchev–Trinajstić information content (AvgIpc) is 2.87. The maximum atomic E-state index is 12.8. The van der Waals surface area contributed by atoms with Crippen molar-refractivity contribution in [3.8, 4) is 0 Å². The van der Waals surface area contributed by atoms with E-state index in [1.807, 2.05) is 60.4 Å². The molecule has 4 rings (SSSR count). The molecule has 0 spiro atoms. The molecular weight excluding hydrogens is 462 g/mol. The molecule has 2 aromatic rings. The summed E-state index contributed by atoms with van der Waals surface area (Å²) in [4.78, 5) is 24.2. The molecular formula is C27H33N3O4S. The number of benzene rings is 2. The van der Waals surface area contributed by atoms with E-state index in [4.69, 9.17) is 4.74 Å². The molecule has 0 aromatic heterocycles. The Balaban J connectivity index is 1.41. The maximum absolute atomic E-state index is 12.8. The quantitative estimate of drug-likeness (QED) is 0.499. The van der Waals surface area contributed by atoms with Gasteiger partial charge in [-0.3, -0.25) is 14.6 Å². The Morgan fingerprint density at radius 2 is 1.97 bits per heavy atom. The molecule has 1 amide bonds. The predicted octanol–water partition coefficient (Wildman–Crippen LogP) is 4.48. The first-order chi connectivity index (χ1) is 17.0.